The van der Waals surface area contributed by atoms with E-state index in [-0.39, 0.29) is 11.8 Å². The van der Waals surface area contributed by atoms with Crippen LogP contribution in [0.4, 0.5) is 8.78 Å². The second kappa shape index (κ2) is 3.71. The Hall–Kier alpha value is -0.760. The van der Waals surface area contributed by atoms with Gasteiger partial charge in [0.25, 0.3) is 10.1 Å². The minimum absolute atomic E-state index is 0.272. The lowest BCUT2D eigenvalue weighted by Gasteiger charge is -2.27. The summed E-state index contributed by atoms with van der Waals surface area (Å²) in [6, 6.07) is 0. The van der Waals surface area contributed by atoms with Crippen molar-refractivity contribution >= 4 is 16.1 Å². The third-order valence-corrected chi connectivity index (χ3v) is 6.71. The van der Waals surface area contributed by atoms with Gasteiger partial charge in [-0.25, -0.2) is 4.79 Å². The first kappa shape index (κ1) is 14.2. The summed E-state index contributed by atoms with van der Waals surface area (Å²) in [6.07, 6.45) is -1.45. The molecule has 8 heteroatoms. The normalized spacial score (nSPS) is 43.8. The van der Waals surface area contributed by atoms with Crippen molar-refractivity contribution in [3.63, 3.8) is 0 Å². The predicted molar refractivity (Wildman–Crippen MR) is 63.5 cm³/mol. The fourth-order valence-corrected chi connectivity index (χ4v) is 6.06. The van der Waals surface area contributed by atoms with Gasteiger partial charge in [-0.3, -0.25) is 4.18 Å². The van der Waals surface area contributed by atoms with Gasteiger partial charge in [0.1, 0.15) is 12.2 Å². The molecule has 1 aliphatic heterocycles. The quantitative estimate of drug-likeness (QED) is 0.568. The maximum absolute atomic E-state index is 13.0. The number of hydrogen-bond acceptors (Lipinski definition) is 5. The first-order valence-electron chi connectivity index (χ1n) is 6.47. The predicted octanol–water partition coefficient (Wildman–Crippen LogP) is 1.33. The highest BCUT2D eigenvalue weighted by molar-refractivity contribution is 7.87. The molecule has 2 bridgehead atoms. The van der Waals surface area contributed by atoms with Crippen LogP contribution < -0.4 is 0 Å². The number of esters is 1. The Labute approximate surface area is 115 Å². The van der Waals surface area contributed by atoms with Crippen LogP contribution in [-0.4, -0.2) is 37.8 Å². The van der Waals surface area contributed by atoms with Gasteiger partial charge in [0, 0.05) is 18.8 Å². The lowest BCUT2D eigenvalue weighted by atomic mass is 9.81. The van der Waals surface area contributed by atoms with Crippen molar-refractivity contribution in [2.45, 2.75) is 50.6 Å². The summed E-state index contributed by atoms with van der Waals surface area (Å²) in [5.74, 6) is -5.80. The van der Waals surface area contributed by atoms with Crippen molar-refractivity contribution in [3.05, 3.63) is 0 Å². The number of carbonyl (C=O) groups is 1. The molecule has 2 saturated carbocycles. The summed E-state index contributed by atoms with van der Waals surface area (Å²) < 4.78 is 59.6. The first-order chi connectivity index (χ1) is 8.96. The molecule has 1 saturated heterocycles. The number of halogens is 2. The highest BCUT2D eigenvalue weighted by Gasteiger charge is 2.73. The molecule has 0 aromatic carbocycles. The summed E-state index contributed by atoms with van der Waals surface area (Å²) in [4.78, 5) is 11.4. The van der Waals surface area contributed by atoms with Gasteiger partial charge in [-0.15, -0.1) is 0 Å². The fraction of sp³-hybridized carbons (Fsp3) is 0.917. The van der Waals surface area contributed by atoms with Crippen molar-refractivity contribution in [2.24, 2.45) is 17.3 Å². The van der Waals surface area contributed by atoms with Crippen LogP contribution in [-0.2, 0) is 23.8 Å². The topological polar surface area (TPSA) is 69.7 Å². The summed E-state index contributed by atoms with van der Waals surface area (Å²) in [7, 11) is -3.69. The summed E-state index contributed by atoms with van der Waals surface area (Å²) in [6.45, 7) is 4.21. The van der Waals surface area contributed by atoms with E-state index in [2.05, 4.69) is 0 Å². The standard InChI is InChI=1S/C12H16F2O5S/c1-11(2)5-4-6-7(11)9(19-20(6,16)17)8(5)18-10(15)12(3,13)14/h5-9H,4H2,1-3H3. The molecule has 3 fully saturated rings. The molecule has 0 aromatic heterocycles. The summed E-state index contributed by atoms with van der Waals surface area (Å²) in [5.41, 5.74) is -0.410. The average molecular weight is 310 g/mol. The molecule has 2 aliphatic carbocycles. The Balaban J connectivity index is 1.92. The summed E-state index contributed by atoms with van der Waals surface area (Å²) in [5, 5.41) is -0.607. The molecule has 0 radical (unpaired) electrons. The Bertz CT molecular complexity index is 565. The van der Waals surface area contributed by atoms with E-state index < -0.39 is 44.9 Å². The van der Waals surface area contributed by atoms with Crippen LogP contribution in [0.2, 0.25) is 0 Å². The smallest absolute Gasteiger partial charge is 0.377 e. The molecule has 20 heavy (non-hydrogen) atoms. The van der Waals surface area contributed by atoms with E-state index in [1.807, 2.05) is 13.8 Å². The van der Waals surface area contributed by atoms with E-state index >= 15 is 0 Å². The zero-order valence-electron chi connectivity index (χ0n) is 11.3. The van der Waals surface area contributed by atoms with Crippen LogP contribution in [0, 0.1) is 17.3 Å². The van der Waals surface area contributed by atoms with Crippen molar-refractivity contribution in [3.8, 4) is 0 Å². The lowest BCUT2D eigenvalue weighted by molar-refractivity contribution is -0.181. The van der Waals surface area contributed by atoms with Gasteiger partial charge in [0.15, 0.2) is 0 Å². The molecule has 5 unspecified atom stereocenters. The number of carbonyl (C=O) groups excluding carboxylic acids is 1. The minimum atomic E-state index is -3.69. The van der Waals surface area contributed by atoms with E-state index in [9.17, 15) is 22.0 Å². The maximum atomic E-state index is 13.0. The lowest BCUT2D eigenvalue weighted by Crippen LogP contribution is -2.40. The molecular formula is C12H16F2O5S. The number of alkyl halides is 2. The van der Waals surface area contributed by atoms with E-state index in [0.29, 0.717) is 13.3 Å². The second-order valence-corrected chi connectivity index (χ2v) is 8.32. The minimum Gasteiger partial charge on any atom is -0.455 e. The number of hydrogen-bond donors (Lipinski definition) is 0. The molecule has 5 nitrogen and oxygen atoms in total. The van der Waals surface area contributed by atoms with Gasteiger partial charge in [-0.05, 0) is 11.8 Å². The zero-order chi connectivity index (χ0) is 15.1. The van der Waals surface area contributed by atoms with Crippen LogP contribution in [0.3, 0.4) is 0 Å². The van der Waals surface area contributed by atoms with Crippen LogP contribution >= 0.6 is 0 Å². The van der Waals surface area contributed by atoms with Crippen LogP contribution in [0.1, 0.15) is 27.2 Å². The molecule has 0 amide bonds. The van der Waals surface area contributed by atoms with Crippen LogP contribution in [0.15, 0.2) is 0 Å². The van der Waals surface area contributed by atoms with Crippen molar-refractivity contribution in [2.75, 3.05) is 0 Å². The molecule has 0 spiro atoms. The van der Waals surface area contributed by atoms with Crippen molar-refractivity contribution < 1.29 is 30.9 Å². The van der Waals surface area contributed by atoms with E-state index in [1.54, 1.807) is 0 Å². The molecular weight excluding hydrogens is 294 g/mol. The first-order valence-corrected chi connectivity index (χ1v) is 7.94. The maximum Gasteiger partial charge on any atom is 0.377 e. The molecule has 1 heterocycles. The fourth-order valence-electron chi connectivity index (χ4n) is 4.07. The van der Waals surface area contributed by atoms with Crippen molar-refractivity contribution in [1.29, 1.82) is 0 Å². The van der Waals surface area contributed by atoms with E-state index in [0.717, 1.165) is 0 Å². The number of rotatable bonds is 2. The largest absolute Gasteiger partial charge is 0.455 e. The van der Waals surface area contributed by atoms with Gasteiger partial charge >= 0.3 is 11.9 Å². The van der Waals surface area contributed by atoms with Gasteiger partial charge in [-0.1, -0.05) is 13.8 Å². The van der Waals surface area contributed by atoms with E-state index in [4.69, 9.17) is 8.92 Å². The Morgan fingerprint density at radius 2 is 2.00 bits per heavy atom. The van der Waals surface area contributed by atoms with Gasteiger partial charge in [-0.2, -0.15) is 17.2 Å². The molecule has 0 N–H and O–H groups in total. The highest BCUT2D eigenvalue weighted by atomic mass is 32.2. The zero-order valence-corrected chi connectivity index (χ0v) is 12.1. The molecule has 5 atom stereocenters. The molecule has 0 aromatic rings. The van der Waals surface area contributed by atoms with E-state index in [1.165, 1.54) is 0 Å². The Morgan fingerprint density at radius 3 is 2.55 bits per heavy atom. The average Bonchev–Trinajstić information content (AvgIpc) is 2.72. The Morgan fingerprint density at radius 1 is 1.40 bits per heavy atom. The number of ether oxygens (including phenoxy) is 1. The van der Waals surface area contributed by atoms with Gasteiger partial charge < -0.3 is 4.74 Å². The molecule has 114 valence electrons. The van der Waals surface area contributed by atoms with Crippen LogP contribution in [0.5, 0.6) is 0 Å². The van der Waals surface area contributed by atoms with Gasteiger partial charge in [0.05, 0.1) is 5.25 Å². The Kier molecular flexibility index (Phi) is 2.63. The number of fused-ring (bicyclic) bond motifs is 1. The third-order valence-electron chi connectivity index (χ3n) is 4.99. The molecule has 3 aliphatic rings. The van der Waals surface area contributed by atoms with Gasteiger partial charge in [0.2, 0.25) is 0 Å². The highest BCUT2D eigenvalue weighted by Crippen LogP contribution is 2.64. The third kappa shape index (κ3) is 1.67. The van der Waals surface area contributed by atoms with Crippen molar-refractivity contribution in [1.82, 2.24) is 0 Å². The summed E-state index contributed by atoms with van der Waals surface area (Å²) >= 11 is 0. The monoisotopic (exact) mass is 310 g/mol. The second-order valence-electron chi connectivity index (χ2n) is 6.54. The SMILES string of the molecule is CC(F)(F)C(=O)OC1C2OS(=O)(=O)C3CC1C(C)(C)C23. The molecule has 3 rings (SSSR count). The van der Waals surface area contributed by atoms with Crippen LogP contribution in [0.25, 0.3) is 0 Å².